The largest absolute Gasteiger partial charge is 0.393 e. The van der Waals surface area contributed by atoms with Gasteiger partial charge in [-0.05, 0) is 32.6 Å². The quantitative estimate of drug-likeness (QED) is 0.556. The van der Waals surface area contributed by atoms with Gasteiger partial charge in [0.1, 0.15) is 0 Å². The number of piperidine rings is 1. The highest BCUT2D eigenvalue weighted by Gasteiger charge is 2.28. The molecule has 1 aliphatic heterocycles. The van der Waals surface area contributed by atoms with Crippen LogP contribution in [0.5, 0.6) is 0 Å². The normalized spacial score (nSPS) is 22.5. The van der Waals surface area contributed by atoms with Crippen LogP contribution in [0.1, 0.15) is 39.0 Å². The van der Waals surface area contributed by atoms with E-state index in [9.17, 15) is 8.42 Å². The molecule has 1 rings (SSSR count). The van der Waals surface area contributed by atoms with Crippen LogP contribution in [0.3, 0.4) is 0 Å². The number of hydrogen-bond donors (Lipinski definition) is 2. The summed E-state index contributed by atoms with van der Waals surface area (Å²) in [5.41, 5.74) is 5.35. The van der Waals surface area contributed by atoms with Gasteiger partial charge < -0.3 is 5.73 Å². The van der Waals surface area contributed by atoms with Gasteiger partial charge in [-0.3, -0.25) is 0 Å². The van der Waals surface area contributed by atoms with Gasteiger partial charge in [-0.15, -0.1) is 0 Å². The number of hydrogen-bond acceptors (Lipinski definition) is 3. The second kappa shape index (κ2) is 6.63. The number of nitrogens with two attached hydrogens (primary N) is 1. The first-order valence-corrected chi connectivity index (χ1v) is 7.83. The van der Waals surface area contributed by atoms with Crippen molar-refractivity contribution >= 4 is 27.4 Å². The summed E-state index contributed by atoms with van der Waals surface area (Å²) in [6.07, 6.45) is 4.21. The van der Waals surface area contributed by atoms with Gasteiger partial charge in [-0.2, -0.15) is 12.7 Å². The number of nitrogens with one attached hydrogen (secondary N) is 1. The van der Waals surface area contributed by atoms with E-state index in [1.165, 1.54) is 0 Å². The fraction of sp³-hybridized carbons (Fsp3) is 0.900. The lowest BCUT2D eigenvalue weighted by Crippen LogP contribution is -2.48. The highest BCUT2D eigenvalue weighted by Crippen LogP contribution is 2.18. The molecule has 1 unspecified atom stereocenters. The molecule has 1 heterocycles. The summed E-state index contributed by atoms with van der Waals surface area (Å²) in [6.45, 7) is 2.96. The zero-order valence-electron chi connectivity index (χ0n) is 10.2. The van der Waals surface area contributed by atoms with Crippen LogP contribution in [0.15, 0.2) is 0 Å². The third-order valence-electron chi connectivity index (χ3n) is 2.94. The molecule has 1 aliphatic rings. The lowest BCUT2D eigenvalue weighted by atomic mass is 10.1. The van der Waals surface area contributed by atoms with Crippen molar-refractivity contribution in [1.82, 2.24) is 9.03 Å². The Balaban J connectivity index is 2.41. The maximum atomic E-state index is 12.0. The standard InChI is InChI=1S/C10H21N3O2S2/c1-9-5-2-3-8-13(9)17(14,15)12-7-4-6-10(11)16/h9,12H,2-8H2,1H3,(H2,11,16). The van der Waals surface area contributed by atoms with Crippen molar-refractivity contribution in [3.05, 3.63) is 0 Å². The first-order chi connectivity index (χ1) is 7.93. The van der Waals surface area contributed by atoms with E-state index >= 15 is 0 Å². The first-order valence-electron chi connectivity index (χ1n) is 5.98. The molecule has 7 heteroatoms. The van der Waals surface area contributed by atoms with Gasteiger partial charge in [0, 0.05) is 19.1 Å². The molecule has 0 aromatic heterocycles. The highest BCUT2D eigenvalue weighted by atomic mass is 32.2. The Morgan fingerprint density at radius 1 is 1.53 bits per heavy atom. The Kier molecular flexibility index (Phi) is 5.78. The molecule has 1 atom stereocenters. The van der Waals surface area contributed by atoms with E-state index in [1.807, 2.05) is 6.92 Å². The van der Waals surface area contributed by atoms with E-state index in [0.717, 1.165) is 19.3 Å². The Morgan fingerprint density at radius 3 is 2.82 bits per heavy atom. The molecular weight excluding hydrogens is 258 g/mol. The van der Waals surface area contributed by atoms with Crippen molar-refractivity contribution in [2.75, 3.05) is 13.1 Å². The predicted octanol–water partition coefficient (Wildman–Crippen LogP) is 0.762. The van der Waals surface area contributed by atoms with E-state index in [4.69, 9.17) is 18.0 Å². The molecule has 0 bridgehead atoms. The van der Waals surface area contributed by atoms with Crippen LogP contribution in [-0.2, 0) is 10.2 Å². The van der Waals surface area contributed by atoms with Crippen LogP contribution < -0.4 is 10.5 Å². The summed E-state index contributed by atoms with van der Waals surface area (Å²) in [6, 6.07) is 0.0943. The minimum atomic E-state index is -3.33. The summed E-state index contributed by atoms with van der Waals surface area (Å²) < 4.78 is 28.1. The third kappa shape index (κ3) is 4.87. The summed E-state index contributed by atoms with van der Waals surface area (Å²) in [7, 11) is -3.33. The summed E-state index contributed by atoms with van der Waals surface area (Å²) in [4.78, 5) is 0.426. The van der Waals surface area contributed by atoms with Gasteiger partial charge in [-0.25, -0.2) is 4.72 Å². The summed E-state index contributed by atoms with van der Waals surface area (Å²) >= 11 is 4.74. The molecule has 0 spiro atoms. The average Bonchev–Trinajstić information content (AvgIpc) is 2.24. The van der Waals surface area contributed by atoms with Crippen molar-refractivity contribution in [1.29, 1.82) is 0 Å². The van der Waals surface area contributed by atoms with Crippen LogP contribution in [-0.4, -0.2) is 36.8 Å². The molecule has 0 radical (unpaired) electrons. The van der Waals surface area contributed by atoms with Gasteiger partial charge in [0.2, 0.25) is 0 Å². The second-order valence-corrected chi connectivity index (χ2v) is 6.66. The van der Waals surface area contributed by atoms with Crippen LogP contribution in [0.4, 0.5) is 0 Å². The molecule has 1 fully saturated rings. The topological polar surface area (TPSA) is 75.4 Å². The van der Waals surface area contributed by atoms with E-state index in [2.05, 4.69) is 4.72 Å². The molecule has 0 aliphatic carbocycles. The fourth-order valence-corrected chi connectivity index (χ4v) is 3.64. The molecule has 0 saturated carbocycles. The maximum Gasteiger partial charge on any atom is 0.279 e. The number of nitrogens with zero attached hydrogens (tertiary/aromatic N) is 1. The van der Waals surface area contributed by atoms with Crippen LogP contribution in [0.2, 0.25) is 0 Å². The van der Waals surface area contributed by atoms with Gasteiger partial charge >= 0.3 is 0 Å². The molecule has 17 heavy (non-hydrogen) atoms. The summed E-state index contributed by atoms with van der Waals surface area (Å²) in [5, 5.41) is 0. The van der Waals surface area contributed by atoms with Gasteiger partial charge in [-0.1, -0.05) is 18.6 Å². The van der Waals surface area contributed by atoms with Crippen LogP contribution in [0.25, 0.3) is 0 Å². The van der Waals surface area contributed by atoms with Crippen LogP contribution in [0, 0.1) is 0 Å². The van der Waals surface area contributed by atoms with Crippen molar-refractivity contribution in [2.24, 2.45) is 5.73 Å². The van der Waals surface area contributed by atoms with Crippen molar-refractivity contribution < 1.29 is 8.42 Å². The second-order valence-electron chi connectivity index (χ2n) is 4.42. The maximum absolute atomic E-state index is 12.0. The number of rotatable bonds is 6. The third-order valence-corrected chi connectivity index (χ3v) is 4.87. The Hall–Kier alpha value is -0.240. The van der Waals surface area contributed by atoms with Gasteiger partial charge in [0.15, 0.2) is 0 Å². The van der Waals surface area contributed by atoms with Gasteiger partial charge in [0.05, 0.1) is 4.99 Å². The smallest absolute Gasteiger partial charge is 0.279 e. The lowest BCUT2D eigenvalue weighted by Gasteiger charge is -2.32. The molecule has 0 aromatic rings. The molecule has 0 aromatic carbocycles. The molecule has 3 N–H and O–H groups in total. The minimum absolute atomic E-state index is 0.0943. The molecule has 1 saturated heterocycles. The van der Waals surface area contributed by atoms with E-state index in [1.54, 1.807) is 4.31 Å². The van der Waals surface area contributed by atoms with Crippen LogP contribution >= 0.6 is 12.2 Å². The van der Waals surface area contributed by atoms with Gasteiger partial charge in [0.25, 0.3) is 10.2 Å². The predicted molar refractivity (Wildman–Crippen MR) is 73.0 cm³/mol. The first kappa shape index (κ1) is 14.8. The molecule has 5 nitrogen and oxygen atoms in total. The van der Waals surface area contributed by atoms with E-state index in [0.29, 0.717) is 30.9 Å². The zero-order chi connectivity index (χ0) is 12.9. The van der Waals surface area contributed by atoms with Crippen molar-refractivity contribution in [3.63, 3.8) is 0 Å². The van der Waals surface area contributed by atoms with Crippen molar-refractivity contribution in [2.45, 2.75) is 45.1 Å². The minimum Gasteiger partial charge on any atom is -0.393 e. The number of thiocarbonyl (C=S) groups is 1. The lowest BCUT2D eigenvalue weighted by molar-refractivity contribution is 0.265. The van der Waals surface area contributed by atoms with E-state index < -0.39 is 10.2 Å². The molecular formula is C10H21N3O2S2. The molecule has 100 valence electrons. The Labute approximate surface area is 109 Å². The zero-order valence-corrected chi connectivity index (χ0v) is 11.8. The van der Waals surface area contributed by atoms with Crippen molar-refractivity contribution in [3.8, 4) is 0 Å². The SMILES string of the molecule is CC1CCCCN1S(=O)(=O)NCCCC(N)=S. The Morgan fingerprint density at radius 2 is 2.24 bits per heavy atom. The highest BCUT2D eigenvalue weighted by molar-refractivity contribution is 7.87. The molecule has 0 amide bonds. The summed E-state index contributed by atoms with van der Waals surface area (Å²) in [5.74, 6) is 0. The monoisotopic (exact) mass is 279 g/mol. The van der Waals surface area contributed by atoms with E-state index in [-0.39, 0.29) is 6.04 Å². The fourth-order valence-electron chi connectivity index (χ4n) is 1.98. The Bertz CT molecular complexity index is 357. The average molecular weight is 279 g/mol.